The van der Waals surface area contributed by atoms with Crippen LogP contribution < -0.4 is 0 Å². The molecule has 0 amide bonds. The molecule has 0 aliphatic heterocycles. The summed E-state index contributed by atoms with van der Waals surface area (Å²) in [7, 11) is 1.32. The Morgan fingerprint density at radius 3 is 0.485 bits per heavy atom. The van der Waals surface area contributed by atoms with E-state index in [1.54, 1.807) is 0 Å². The first-order valence-corrected chi connectivity index (χ1v) is 24.8. The molecule has 0 bridgehead atoms. The number of halogens is 2. The van der Waals surface area contributed by atoms with Gasteiger partial charge in [-0.05, 0) is 55.5 Å². The van der Waals surface area contributed by atoms with E-state index in [-0.39, 0.29) is 0 Å². The van der Waals surface area contributed by atoms with Gasteiger partial charge in [-0.2, -0.15) is 0 Å². The van der Waals surface area contributed by atoms with Gasteiger partial charge in [-0.15, -0.1) is 23.8 Å². The van der Waals surface area contributed by atoms with Crippen molar-refractivity contribution in [3.8, 4) is 0 Å². The van der Waals surface area contributed by atoms with E-state index in [1.807, 2.05) is 0 Å². The molecule has 0 fully saturated rings. The van der Waals surface area contributed by atoms with Crippen molar-refractivity contribution >= 4 is 52.1 Å². The Morgan fingerprint density at radius 2 is 0.424 bits per heavy atom. The first-order chi connectivity index (χ1) is 16.0. The van der Waals surface area contributed by atoms with Crippen molar-refractivity contribution in [2.45, 2.75) is 120 Å². The first-order valence-electron chi connectivity index (χ1n) is 14.0. The zero-order valence-corrected chi connectivity index (χ0v) is 31.1. The van der Waals surface area contributed by atoms with Gasteiger partial charge in [0.25, 0.3) is 0 Å². The quantitative estimate of drug-likeness (QED) is 0.125. The van der Waals surface area contributed by atoms with Crippen LogP contribution >= 0.6 is 52.1 Å². The summed E-state index contributed by atoms with van der Waals surface area (Å²) in [6, 6.07) is 0. The van der Waals surface area contributed by atoms with E-state index in [0.717, 1.165) is 11.1 Å². The Bertz CT molecular complexity index is 215. The molecule has 0 radical (unpaired) electrons. The molecule has 0 aromatic heterocycles. The average molecular weight is 699 g/mol. The van der Waals surface area contributed by atoms with E-state index in [4.69, 9.17) is 0 Å². The molecule has 0 aliphatic carbocycles. The Hall–Kier alpha value is 2.76. The molecule has 0 unspecified atom stereocenters. The van der Waals surface area contributed by atoms with E-state index < -0.39 is 0 Å². The third-order valence-electron chi connectivity index (χ3n) is 4.86. The normalized spacial score (nSPS) is 10.5. The number of hydrogen-bond acceptors (Lipinski definition) is 0. The Balaban J connectivity index is -0.000000180. The van der Waals surface area contributed by atoms with Gasteiger partial charge in [-0.1, -0.05) is 120 Å². The molecule has 0 atom stereocenters. The summed E-state index contributed by atoms with van der Waals surface area (Å²) in [4.78, 5) is 0. The van der Waals surface area contributed by atoms with Gasteiger partial charge in [0, 0.05) is 0 Å². The van der Waals surface area contributed by atoms with Crippen LogP contribution in [0, 0.1) is 0 Å². The van der Waals surface area contributed by atoms with Crippen LogP contribution in [0.5, 0.6) is 0 Å². The molecule has 0 aliphatic rings. The van der Waals surface area contributed by atoms with Crippen LogP contribution in [-0.2, 0) is 11.1 Å². The molecule has 0 aromatic carbocycles. The Morgan fingerprint density at radius 1 is 0.333 bits per heavy atom. The van der Waals surface area contributed by atoms with Crippen LogP contribution in [0.2, 0.25) is 0 Å². The van der Waals surface area contributed by atoms with E-state index in [2.05, 4.69) is 90.6 Å². The number of rotatable bonds is 18. The van der Waals surface area contributed by atoms with E-state index >= 15 is 0 Å². The summed E-state index contributed by atoms with van der Waals surface area (Å²) >= 11 is 7.12. The summed E-state index contributed by atoms with van der Waals surface area (Å²) in [5, 5.41) is 0. The Kier molecular flexibility index (Phi) is 54.3. The average Bonchev–Trinajstić information content (AvgIpc) is 2.77. The van der Waals surface area contributed by atoms with Gasteiger partial charge in [-0.25, -0.2) is 0 Å². The van der Waals surface area contributed by atoms with Crippen LogP contribution in [0.4, 0.5) is 0 Å². The van der Waals surface area contributed by atoms with Gasteiger partial charge in [0.2, 0.25) is 0 Å². The van der Waals surface area contributed by atoms with Crippen LogP contribution in [0.1, 0.15) is 120 Å². The van der Waals surface area contributed by atoms with Crippen molar-refractivity contribution in [2.24, 2.45) is 0 Å². The summed E-state index contributed by atoms with van der Waals surface area (Å²) in [5.74, 6) is 0. The molecule has 0 nitrogen and oxygen atoms in total. The molecule has 0 N–H and O–H groups in total. The van der Waals surface area contributed by atoms with E-state index in [0.29, 0.717) is 23.8 Å². The predicted octanol–water partition coefficient (Wildman–Crippen LogP) is 12.8. The summed E-state index contributed by atoms with van der Waals surface area (Å²) in [6.07, 6.45) is 26.1. The fourth-order valence-corrected chi connectivity index (χ4v) is 11.6. The van der Waals surface area contributed by atoms with Crippen molar-refractivity contribution in [2.75, 3.05) is 55.5 Å². The molecule has 0 saturated heterocycles. The molecule has 6 heteroatoms. The maximum atomic E-state index is 3.03. The van der Waals surface area contributed by atoms with Crippen LogP contribution in [0.15, 0.2) is 0 Å². The van der Waals surface area contributed by atoms with Gasteiger partial charge in [-0.3, -0.25) is 0 Å². The molecule has 0 spiro atoms. The SMILES string of the molecule is CCCP(CCC)CCC.CCCP(CCC)CCC.CCCP(CCC)CCC.[Br][Co][Br]. The standard InChI is InChI=1S/3C9H21P.2BrH.Co/c3*1-4-7-10(8-5-2)9-6-3;;;/h3*4-9H2,1-3H3;2*1H;/q;;;;;+2/p-2. The molecule has 0 heterocycles. The second kappa shape index (κ2) is 41.9. The fourth-order valence-electron chi connectivity index (χ4n) is 3.85. The van der Waals surface area contributed by atoms with E-state index in [1.165, 1.54) is 113 Å². The van der Waals surface area contributed by atoms with Crippen molar-refractivity contribution < 1.29 is 11.1 Å². The molecule has 0 rings (SSSR count). The summed E-state index contributed by atoms with van der Waals surface area (Å²) < 4.78 is 0. The number of hydrogen-bond donors (Lipinski definition) is 0. The summed E-state index contributed by atoms with van der Waals surface area (Å²) in [6.45, 7) is 20.8. The van der Waals surface area contributed by atoms with Crippen molar-refractivity contribution in [1.29, 1.82) is 0 Å². The fraction of sp³-hybridized carbons (Fsp3) is 1.00. The third-order valence-corrected chi connectivity index (χ3v) is 14.6. The molecular formula is C27H63Br2CoP3. The molecular weight excluding hydrogens is 636 g/mol. The minimum absolute atomic E-state index is 0.439. The second-order valence-corrected chi connectivity index (χ2v) is 21.9. The van der Waals surface area contributed by atoms with Gasteiger partial charge in [0.1, 0.15) is 0 Å². The monoisotopic (exact) mass is 697 g/mol. The van der Waals surface area contributed by atoms with Gasteiger partial charge < -0.3 is 0 Å². The second-order valence-electron chi connectivity index (χ2n) is 8.57. The van der Waals surface area contributed by atoms with Crippen LogP contribution in [0.3, 0.4) is 0 Å². The zero-order valence-electron chi connectivity index (χ0n) is 24.2. The molecule has 209 valence electrons. The first kappa shape index (κ1) is 42.8. The van der Waals surface area contributed by atoms with Gasteiger partial charge >= 0.3 is 39.5 Å². The molecule has 33 heavy (non-hydrogen) atoms. The topological polar surface area (TPSA) is 0 Å². The predicted molar refractivity (Wildman–Crippen MR) is 175 cm³/mol. The van der Waals surface area contributed by atoms with Gasteiger partial charge in [0.15, 0.2) is 0 Å². The maximum absolute atomic E-state index is 3.03. The summed E-state index contributed by atoms with van der Waals surface area (Å²) in [5.41, 5.74) is 0. The van der Waals surface area contributed by atoms with Crippen LogP contribution in [-0.4, -0.2) is 55.5 Å². The van der Waals surface area contributed by atoms with E-state index in [9.17, 15) is 0 Å². The van der Waals surface area contributed by atoms with Crippen LogP contribution in [0.25, 0.3) is 0 Å². The van der Waals surface area contributed by atoms with Crippen molar-refractivity contribution in [1.82, 2.24) is 0 Å². The molecule has 0 aromatic rings. The van der Waals surface area contributed by atoms with Gasteiger partial charge in [0.05, 0.1) is 0 Å². The van der Waals surface area contributed by atoms with Crippen molar-refractivity contribution in [3.05, 3.63) is 0 Å². The third kappa shape index (κ3) is 42.1. The Labute approximate surface area is 237 Å². The minimum atomic E-state index is 0.439. The zero-order chi connectivity index (χ0) is 26.2. The molecule has 0 saturated carbocycles. The van der Waals surface area contributed by atoms with Crippen molar-refractivity contribution in [3.63, 3.8) is 0 Å².